The van der Waals surface area contributed by atoms with Crippen LogP contribution in [-0.2, 0) is 4.74 Å². The van der Waals surface area contributed by atoms with E-state index < -0.39 is 0 Å². The Kier molecular flexibility index (Phi) is 8.70. The Morgan fingerprint density at radius 1 is 0.913 bits per heavy atom. The molecule has 2 aromatic rings. The van der Waals surface area contributed by atoms with Crippen molar-refractivity contribution in [1.82, 2.24) is 0 Å². The van der Waals surface area contributed by atoms with Crippen molar-refractivity contribution >= 4 is 5.97 Å². The Bertz CT molecular complexity index is 571. The summed E-state index contributed by atoms with van der Waals surface area (Å²) in [6.07, 6.45) is 1.34. The normalized spacial score (nSPS) is 9.74. The number of hydrogen-bond acceptors (Lipinski definition) is 3. The maximum Gasteiger partial charge on any atom is 0.338 e. The molecule has 0 unspecified atom stereocenters. The second kappa shape index (κ2) is 10.6. The van der Waals surface area contributed by atoms with Crippen LogP contribution < -0.4 is 0 Å². The van der Waals surface area contributed by atoms with Gasteiger partial charge in [-0.1, -0.05) is 55.8 Å². The maximum absolute atomic E-state index is 11.8. The number of aliphatic hydroxyl groups is 1. The molecular formula is C20H26O3. The number of aryl methyl sites for hydroxylation is 1. The molecule has 2 rings (SSSR count). The third-order valence-electron chi connectivity index (χ3n) is 3.29. The molecule has 0 saturated carbocycles. The van der Waals surface area contributed by atoms with Crippen LogP contribution in [0.25, 0.3) is 11.1 Å². The van der Waals surface area contributed by atoms with Crippen molar-refractivity contribution < 1.29 is 14.6 Å². The molecule has 3 heteroatoms. The Morgan fingerprint density at radius 3 is 1.96 bits per heavy atom. The molecule has 0 fully saturated rings. The lowest BCUT2D eigenvalue weighted by atomic mass is 10.0. The van der Waals surface area contributed by atoms with Gasteiger partial charge in [0.25, 0.3) is 0 Å². The lowest BCUT2D eigenvalue weighted by molar-refractivity contribution is 0.0492. The van der Waals surface area contributed by atoms with Gasteiger partial charge in [-0.15, -0.1) is 0 Å². The van der Waals surface area contributed by atoms with Gasteiger partial charge < -0.3 is 9.84 Å². The minimum atomic E-state index is -0.316. The highest BCUT2D eigenvalue weighted by Crippen LogP contribution is 2.20. The highest BCUT2D eigenvalue weighted by molar-refractivity contribution is 5.90. The smallest absolute Gasteiger partial charge is 0.338 e. The molecule has 0 aliphatic heterocycles. The summed E-state index contributed by atoms with van der Waals surface area (Å²) in [6.45, 7) is 6.53. The van der Waals surface area contributed by atoms with Gasteiger partial charge in [0.2, 0.25) is 0 Å². The Morgan fingerprint density at radius 2 is 1.43 bits per heavy atom. The molecule has 0 radical (unpaired) electrons. The van der Waals surface area contributed by atoms with E-state index in [2.05, 4.69) is 31.2 Å². The van der Waals surface area contributed by atoms with Gasteiger partial charge in [-0.05, 0) is 43.0 Å². The minimum Gasteiger partial charge on any atom is -0.462 e. The second-order valence-corrected chi connectivity index (χ2v) is 5.01. The summed E-state index contributed by atoms with van der Waals surface area (Å²) in [5, 5.41) is 8.66. The van der Waals surface area contributed by atoms with Crippen LogP contribution in [0.15, 0.2) is 48.5 Å². The summed E-state index contributed by atoms with van der Waals surface area (Å²) in [5.41, 5.74) is 3.98. The fourth-order valence-electron chi connectivity index (χ4n) is 2.01. The number of esters is 1. The standard InChI is InChI=1S/C18H20O3.C2H6/c1-14-4-6-15(7-5-14)16-8-10-17(11-9-16)18(20)21-13-3-2-12-19;1-2/h4-11,19H,2-3,12-13H2,1H3;1-2H3. The molecule has 0 bridgehead atoms. The van der Waals surface area contributed by atoms with E-state index in [0.29, 0.717) is 25.0 Å². The number of aliphatic hydroxyl groups excluding tert-OH is 1. The Labute approximate surface area is 138 Å². The van der Waals surface area contributed by atoms with Gasteiger partial charge in [0.1, 0.15) is 0 Å². The lowest BCUT2D eigenvalue weighted by Gasteiger charge is -2.06. The molecule has 0 aliphatic rings. The molecule has 124 valence electrons. The van der Waals surface area contributed by atoms with Crippen LogP contribution in [0.3, 0.4) is 0 Å². The molecule has 0 spiro atoms. The molecule has 2 aromatic carbocycles. The summed E-state index contributed by atoms with van der Waals surface area (Å²) in [7, 11) is 0. The molecule has 23 heavy (non-hydrogen) atoms. The first-order valence-corrected chi connectivity index (χ1v) is 8.16. The molecule has 1 N–H and O–H groups in total. The average molecular weight is 314 g/mol. The Hall–Kier alpha value is -2.13. The first-order chi connectivity index (χ1) is 11.2. The first-order valence-electron chi connectivity index (χ1n) is 8.16. The van der Waals surface area contributed by atoms with Crippen molar-refractivity contribution in [2.45, 2.75) is 33.6 Å². The number of carbonyl (C=O) groups excluding carboxylic acids is 1. The monoisotopic (exact) mass is 314 g/mol. The van der Waals surface area contributed by atoms with Gasteiger partial charge >= 0.3 is 5.97 Å². The zero-order chi connectivity index (χ0) is 17.1. The number of unbranched alkanes of at least 4 members (excludes halogenated alkanes) is 1. The van der Waals surface area contributed by atoms with Crippen molar-refractivity contribution in [2.75, 3.05) is 13.2 Å². The fourth-order valence-corrected chi connectivity index (χ4v) is 2.01. The van der Waals surface area contributed by atoms with Crippen molar-refractivity contribution in [3.63, 3.8) is 0 Å². The largest absolute Gasteiger partial charge is 0.462 e. The summed E-state index contributed by atoms with van der Waals surface area (Å²) in [5.74, 6) is -0.316. The van der Waals surface area contributed by atoms with Gasteiger partial charge in [-0.2, -0.15) is 0 Å². The number of carbonyl (C=O) groups is 1. The van der Waals surface area contributed by atoms with Crippen LogP contribution in [0.5, 0.6) is 0 Å². The third kappa shape index (κ3) is 6.25. The van der Waals surface area contributed by atoms with Crippen LogP contribution in [0.2, 0.25) is 0 Å². The molecule has 0 atom stereocenters. The number of hydrogen-bond donors (Lipinski definition) is 1. The number of benzene rings is 2. The highest BCUT2D eigenvalue weighted by atomic mass is 16.5. The van der Waals surface area contributed by atoms with Crippen molar-refractivity contribution in [3.8, 4) is 11.1 Å². The minimum absolute atomic E-state index is 0.128. The summed E-state index contributed by atoms with van der Waals surface area (Å²) in [6, 6.07) is 15.7. The van der Waals surface area contributed by atoms with E-state index in [1.807, 2.05) is 26.0 Å². The molecule has 0 aromatic heterocycles. The van der Waals surface area contributed by atoms with E-state index in [1.54, 1.807) is 12.1 Å². The molecule has 3 nitrogen and oxygen atoms in total. The van der Waals surface area contributed by atoms with Crippen LogP contribution in [0.1, 0.15) is 42.6 Å². The summed E-state index contributed by atoms with van der Waals surface area (Å²) >= 11 is 0. The predicted octanol–water partition coefficient (Wildman–Crippen LogP) is 4.62. The highest BCUT2D eigenvalue weighted by Gasteiger charge is 2.07. The van der Waals surface area contributed by atoms with Crippen LogP contribution >= 0.6 is 0 Å². The summed E-state index contributed by atoms with van der Waals surface area (Å²) < 4.78 is 5.14. The molecule has 0 heterocycles. The fraction of sp³-hybridized carbons (Fsp3) is 0.350. The van der Waals surface area contributed by atoms with E-state index >= 15 is 0 Å². The van der Waals surface area contributed by atoms with Gasteiger partial charge in [0.15, 0.2) is 0 Å². The SMILES string of the molecule is CC.Cc1ccc(-c2ccc(C(=O)OCCCCO)cc2)cc1. The van der Waals surface area contributed by atoms with E-state index in [1.165, 1.54) is 5.56 Å². The van der Waals surface area contributed by atoms with Crippen LogP contribution in [0.4, 0.5) is 0 Å². The van der Waals surface area contributed by atoms with Gasteiger partial charge in [-0.25, -0.2) is 4.79 Å². The zero-order valence-corrected chi connectivity index (χ0v) is 14.2. The quantitative estimate of drug-likeness (QED) is 0.625. The second-order valence-electron chi connectivity index (χ2n) is 5.01. The van der Waals surface area contributed by atoms with E-state index in [4.69, 9.17) is 9.84 Å². The van der Waals surface area contributed by atoms with Crippen molar-refractivity contribution in [3.05, 3.63) is 59.7 Å². The summed E-state index contributed by atoms with van der Waals surface area (Å²) in [4.78, 5) is 11.8. The molecule has 0 amide bonds. The van der Waals surface area contributed by atoms with E-state index in [0.717, 1.165) is 11.1 Å². The van der Waals surface area contributed by atoms with Crippen LogP contribution in [-0.4, -0.2) is 24.3 Å². The van der Waals surface area contributed by atoms with Gasteiger partial charge in [0.05, 0.1) is 12.2 Å². The first kappa shape index (κ1) is 18.9. The van der Waals surface area contributed by atoms with Crippen molar-refractivity contribution in [2.24, 2.45) is 0 Å². The van der Waals surface area contributed by atoms with Crippen LogP contribution in [0, 0.1) is 6.92 Å². The maximum atomic E-state index is 11.8. The van der Waals surface area contributed by atoms with Gasteiger partial charge in [0, 0.05) is 6.61 Å². The van der Waals surface area contributed by atoms with Gasteiger partial charge in [-0.3, -0.25) is 0 Å². The topological polar surface area (TPSA) is 46.5 Å². The van der Waals surface area contributed by atoms with E-state index in [9.17, 15) is 4.79 Å². The number of ether oxygens (including phenoxy) is 1. The van der Waals surface area contributed by atoms with E-state index in [-0.39, 0.29) is 12.6 Å². The zero-order valence-electron chi connectivity index (χ0n) is 14.2. The van der Waals surface area contributed by atoms with Crippen molar-refractivity contribution in [1.29, 1.82) is 0 Å². The predicted molar refractivity (Wildman–Crippen MR) is 94.6 cm³/mol. The molecular weight excluding hydrogens is 288 g/mol. The third-order valence-corrected chi connectivity index (χ3v) is 3.29. The lowest BCUT2D eigenvalue weighted by Crippen LogP contribution is -2.06. The number of rotatable bonds is 6. The Balaban J connectivity index is 0.00000127. The molecule has 0 aliphatic carbocycles. The molecule has 0 saturated heterocycles. The average Bonchev–Trinajstić information content (AvgIpc) is 2.61.